The van der Waals surface area contributed by atoms with Crippen LogP contribution >= 0.6 is 0 Å². The highest BCUT2D eigenvalue weighted by molar-refractivity contribution is 5.33. The molecule has 2 aliphatic carbocycles. The van der Waals surface area contributed by atoms with Crippen molar-refractivity contribution in [3.05, 3.63) is 29.3 Å². The van der Waals surface area contributed by atoms with Crippen LogP contribution in [0.5, 0.6) is 5.75 Å². The summed E-state index contributed by atoms with van der Waals surface area (Å²) in [6.07, 6.45) is 1.67. The van der Waals surface area contributed by atoms with E-state index in [1.54, 1.807) is 0 Å². The third kappa shape index (κ3) is 6.53. The van der Waals surface area contributed by atoms with Gasteiger partial charge >= 0.3 is 6.36 Å². The van der Waals surface area contributed by atoms with Gasteiger partial charge in [-0.25, -0.2) is 17.6 Å². The van der Waals surface area contributed by atoms with E-state index in [1.165, 1.54) is 0 Å². The average Bonchev–Trinajstić information content (AvgIpc) is 2.71. The maximum Gasteiger partial charge on any atom is 0.573 e. The summed E-state index contributed by atoms with van der Waals surface area (Å²) in [4.78, 5) is 0. The molecule has 1 aromatic carbocycles. The van der Waals surface area contributed by atoms with Gasteiger partial charge in [0.05, 0.1) is 0 Å². The zero-order valence-electron chi connectivity index (χ0n) is 18.3. The Morgan fingerprint density at radius 2 is 1.34 bits per heavy atom. The molecule has 0 saturated heterocycles. The monoisotopic (exact) mass is 468 g/mol. The summed E-state index contributed by atoms with van der Waals surface area (Å²) < 4.78 is 98.2. The van der Waals surface area contributed by atoms with Crippen molar-refractivity contribution in [1.29, 1.82) is 0 Å². The van der Waals surface area contributed by atoms with Crippen molar-refractivity contribution in [3.8, 4) is 5.75 Å². The molecule has 0 heterocycles. The molecule has 32 heavy (non-hydrogen) atoms. The molecule has 182 valence electrons. The molecule has 0 spiro atoms. The Balaban J connectivity index is 1.54. The molecule has 2 fully saturated rings. The Kier molecular flexibility index (Phi) is 8.02. The van der Waals surface area contributed by atoms with E-state index < -0.39 is 35.6 Å². The van der Waals surface area contributed by atoms with Crippen LogP contribution in [0.15, 0.2) is 12.1 Å². The van der Waals surface area contributed by atoms with E-state index in [9.17, 15) is 30.7 Å². The fourth-order valence-corrected chi connectivity index (χ4v) is 5.56. The molecule has 3 rings (SSSR count). The zero-order valence-corrected chi connectivity index (χ0v) is 18.3. The molecule has 1 nitrogen and oxygen atoms in total. The lowest BCUT2D eigenvalue weighted by Crippen LogP contribution is -2.34. The lowest BCUT2D eigenvalue weighted by molar-refractivity contribution is -0.276. The Morgan fingerprint density at radius 3 is 1.84 bits per heavy atom. The summed E-state index contributed by atoms with van der Waals surface area (Å²) in [5.41, 5.74) is 0.244. The van der Waals surface area contributed by atoms with Gasteiger partial charge in [-0.1, -0.05) is 19.8 Å². The maximum atomic E-state index is 14.9. The van der Waals surface area contributed by atoms with Gasteiger partial charge in [-0.15, -0.1) is 13.2 Å². The van der Waals surface area contributed by atoms with Crippen molar-refractivity contribution in [3.63, 3.8) is 0 Å². The van der Waals surface area contributed by atoms with Crippen molar-refractivity contribution in [2.75, 3.05) is 0 Å². The second kappa shape index (κ2) is 10.2. The fraction of sp³-hybridized carbons (Fsp3) is 0.750. The second-order valence-corrected chi connectivity index (χ2v) is 9.55. The SMILES string of the molecule is CCCC1CCC(C(F)(F)CC2CCC(c3cc(F)c(OC(F)(F)F)c(F)c3)CC2)CC1. The van der Waals surface area contributed by atoms with Gasteiger partial charge in [-0.2, -0.15) is 0 Å². The van der Waals surface area contributed by atoms with Crippen LogP contribution < -0.4 is 4.74 Å². The first-order valence-electron chi connectivity index (χ1n) is 11.6. The molecule has 0 aromatic heterocycles. The zero-order chi connectivity index (χ0) is 23.5. The van der Waals surface area contributed by atoms with Crippen LogP contribution in [0.1, 0.15) is 89.0 Å². The van der Waals surface area contributed by atoms with Crippen molar-refractivity contribution in [1.82, 2.24) is 0 Å². The van der Waals surface area contributed by atoms with Gasteiger partial charge < -0.3 is 4.74 Å². The molecule has 2 saturated carbocycles. The summed E-state index contributed by atoms with van der Waals surface area (Å²) >= 11 is 0. The molecule has 0 amide bonds. The van der Waals surface area contributed by atoms with Gasteiger partial charge in [0, 0.05) is 12.3 Å². The molecular formula is C24H31F7O. The molecule has 0 unspecified atom stereocenters. The molecule has 2 aliphatic rings. The molecule has 0 bridgehead atoms. The Labute approximate surface area is 184 Å². The van der Waals surface area contributed by atoms with Gasteiger partial charge in [0.1, 0.15) is 0 Å². The topological polar surface area (TPSA) is 9.23 Å². The van der Waals surface area contributed by atoms with Crippen LogP contribution in [-0.2, 0) is 0 Å². The van der Waals surface area contributed by atoms with Crippen LogP contribution in [0, 0.1) is 29.4 Å². The highest BCUT2D eigenvalue weighted by Gasteiger charge is 2.43. The Morgan fingerprint density at radius 1 is 0.812 bits per heavy atom. The first-order valence-corrected chi connectivity index (χ1v) is 11.6. The van der Waals surface area contributed by atoms with Crippen LogP contribution in [0.4, 0.5) is 30.7 Å². The smallest absolute Gasteiger partial charge is 0.399 e. The summed E-state index contributed by atoms with van der Waals surface area (Å²) in [5, 5.41) is 0. The third-order valence-corrected chi connectivity index (χ3v) is 7.26. The third-order valence-electron chi connectivity index (χ3n) is 7.26. The van der Waals surface area contributed by atoms with Gasteiger partial charge in [-0.3, -0.25) is 0 Å². The van der Waals surface area contributed by atoms with Crippen molar-refractivity contribution in [2.24, 2.45) is 17.8 Å². The van der Waals surface area contributed by atoms with Crippen molar-refractivity contribution >= 4 is 0 Å². The first-order chi connectivity index (χ1) is 15.0. The molecular weight excluding hydrogens is 437 g/mol. The van der Waals surface area contributed by atoms with E-state index in [4.69, 9.17) is 0 Å². The van der Waals surface area contributed by atoms with E-state index in [0.717, 1.165) is 37.8 Å². The summed E-state index contributed by atoms with van der Waals surface area (Å²) in [7, 11) is 0. The molecule has 0 aliphatic heterocycles. The van der Waals surface area contributed by atoms with E-state index in [2.05, 4.69) is 11.7 Å². The van der Waals surface area contributed by atoms with Crippen LogP contribution in [0.25, 0.3) is 0 Å². The lowest BCUT2D eigenvalue weighted by Gasteiger charge is -2.37. The number of hydrogen-bond donors (Lipinski definition) is 0. The van der Waals surface area contributed by atoms with E-state index in [-0.39, 0.29) is 23.8 Å². The predicted octanol–water partition coefficient (Wildman–Crippen LogP) is 8.77. The molecule has 1 aromatic rings. The van der Waals surface area contributed by atoms with E-state index >= 15 is 0 Å². The predicted molar refractivity (Wildman–Crippen MR) is 108 cm³/mol. The van der Waals surface area contributed by atoms with Crippen LogP contribution in [0.2, 0.25) is 0 Å². The summed E-state index contributed by atoms with van der Waals surface area (Å²) in [5.74, 6) is -7.43. The summed E-state index contributed by atoms with van der Waals surface area (Å²) in [6.45, 7) is 2.12. The quantitative estimate of drug-likeness (QED) is 0.364. The molecule has 0 atom stereocenters. The van der Waals surface area contributed by atoms with E-state index in [0.29, 0.717) is 44.4 Å². The van der Waals surface area contributed by atoms with Crippen LogP contribution in [0.3, 0.4) is 0 Å². The lowest BCUT2D eigenvalue weighted by atomic mass is 9.72. The standard InChI is InChI=1S/C24H31F7O/c1-2-3-15-6-10-19(11-7-15)23(27,28)14-16-4-8-17(9-5-16)18-12-20(25)22(21(26)13-18)32-24(29,30)31/h12-13,15-17,19H,2-11,14H2,1H3. The number of halogens is 7. The maximum absolute atomic E-state index is 14.9. The fourth-order valence-electron chi connectivity index (χ4n) is 5.56. The van der Waals surface area contributed by atoms with Crippen molar-refractivity contribution < 1.29 is 35.5 Å². The van der Waals surface area contributed by atoms with Gasteiger partial charge in [0.25, 0.3) is 5.92 Å². The van der Waals surface area contributed by atoms with Gasteiger partial charge in [0.2, 0.25) is 5.75 Å². The van der Waals surface area contributed by atoms with Gasteiger partial charge in [-0.05, 0) is 86.8 Å². The number of rotatable bonds is 7. The number of alkyl halides is 5. The Bertz CT molecular complexity index is 722. The van der Waals surface area contributed by atoms with Crippen LogP contribution in [-0.4, -0.2) is 12.3 Å². The van der Waals surface area contributed by atoms with Crippen molar-refractivity contribution in [2.45, 2.75) is 95.8 Å². The average molecular weight is 468 g/mol. The number of hydrogen-bond acceptors (Lipinski definition) is 1. The number of benzene rings is 1. The van der Waals surface area contributed by atoms with Gasteiger partial charge in [0.15, 0.2) is 11.6 Å². The number of ether oxygens (including phenoxy) is 1. The highest BCUT2D eigenvalue weighted by Crippen LogP contribution is 2.47. The second-order valence-electron chi connectivity index (χ2n) is 9.55. The summed E-state index contributed by atoms with van der Waals surface area (Å²) in [6, 6.07) is 1.72. The highest BCUT2D eigenvalue weighted by atomic mass is 19.4. The normalized spacial score (nSPS) is 27.4. The largest absolute Gasteiger partial charge is 0.573 e. The minimum Gasteiger partial charge on any atom is -0.399 e. The molecule has 0 radical (unpaired) electrons. The molecule has 0 N–H and O–H groups in total. The Hall–Kier alpha value is -1.47. The first kappa shape index (κ1) is 25.2. The van der Waals surface area contributed by atoms with E-state index in [1.807, 2.05) is 0 Å². The molecule has 8 heteroatoms. The minimum absolute atomic E-state index is 0.155. The minimum atomic E-state index is -5.19.